The van der Waals surface area contributed by atoms with E-state index in [0.29, 0.717) is 0 Å². The number of allylic oxidation sites excluding steroid dienone is 2. The third-order valence-corrected chi connectivity index (χ3v) is 9.41. The fourth-order valence-electron chi connectivity index (χ4n) is 5.24. The van der Waals surface area contributed by atoms with E-state index in [1.807, 2.05) is 19.1 Å². The third-order valence-electron chi connectivity index (χ3n) is 7.44. The van der Waals surface area contributed by atoms with Gasteiger partial charge in [0.1, 0.15) is 7.85 Å². The van der Waals surface area contributed by atoms with Crippen LogP contribution in [-0.2, 0) is 0 Å². The van der Waals surface area contributed by atoms with Crippen molar-refractivity contribution in [2.45, 2.75) is 13.8 Å². The molecule has 4 heteroatoms. The van der Waals surface area contributed by atoms with Gasteiger partial charge in [0.2, 0.25) is 0 Å². The molecule has 0 aliphatic carbocycles. The summed E-state index contributed by atoms with van der Waals surface area (Å²) in [6, 6.07) is 34.3. The normalized spacial score (nSPS) is 11.9. The van der Waals surface area contributed by atoms with E-state index in [4.69, 9.17) is 0 Å². The van der Waals surface area contributed by atoms with E-state index < -0.39 is 0 Å². The maximum atomic E-state index is 3.95. The molecule has 44 heavy (non-hydrogen) atoms. The summed E-state index contributed by atoms with van der Waals surface area (Å²) in [7, 11) is 2.19. The summed E-state index contributed by atoms with van der Waals surface area (Å²) in [6.07, 6.45) is 17.2. The van der Waals surface area contributed by atoms with Crippen LogP contribution in [0.4, 0.5) is 0 Å². The predicted molar refractivity (Wildman–Crippen MR) is 209 cm³/mol. The van der Waals surface area contributed by atoms with E-state index >= 15 is 0 Å². The van der Waals surface area contributed by atoms with Crippen molar-refractivity contribution >= 4 is 97.6 Å². The average molecular weight is 763 g/mol. The van der Waals surface area contributed by atoms with Crippen LogP contribution in [0.3, 0.4) is 0 Å². The van der Waals surface area contributed by atoms with E-state index in [1.54, 1.807) is 0 Å². The summed E-state index contributed by atoms with van der Waals surface area (Å²) in [5.41, 5.74) is 12.8. The van der Waals surface area contributed by atoms with Crippen LogP contribution in [0.1, 0.15) is 47.2 Å². The average Bonchev–Trinajstić information content (AvgIpc) is 3.03. The Balaban J connectivity index is 1.61. The van der Waals surface area contributed by atoms with Gasteiger partial charge in [-0.15, -0.1) is 0 Å². The molecule has 0 heterocycles. The Morgan fingerprint density at radius 1 is 0.432 bits per heavy atom. The van der Waals surface area contributed by atoms with Crippen LogP contribution < -0.4 is 5.46 Å². The fraction of sp³-hybridized carbons (Fsp3) is 0.0500. The quantitative estimate of drug-likeness (QED) is 0.109. The number of hydrogen-bond donors (Lipinski definition) is 0. The first-order valence-corrected chi connectivity index (χ1v) is 17.0. The maximum Gasteiger partial charge on any atom is 0.140 e. The minimum absolute atomic E-state index is 1.04. The molecule has 0 spiro atoms. The van der Waals surface area contributed by atoms with Crippen LogP contribution in [0.25, 0.3) is 58.7 Å². The number of rotatable bonds is 8. The summed E-state index contributed by atoms with van der Waals surface area (Å²) < 4.78 is 3.16. The Bertz CT molecular complexity index is 1900. The molecule has 0 saturated heterocycles. The van der Waals surface area contributed by atoms with Crippen LogP contribution in [0.5, 0.6) is 0 Å². The molecule has 0 atom stereocenters. The standard InChI is InChI=1S/C40H32BBr3/c1-3-11-29-21-34(38(42)23-30(29)12-4-2)33-26-40(44)36(25-37(33)41)35-22-31(19-17-27-13-7-5-8-14-27)32(24-39(35)43)20-18-28-15-9-6-10-16-28/h3-26H,41H2,1-2H3/b11-3+,12-4+,19-17+,20-18+. The minimum Gasteiger partial charge on any atom is -0.0870 e. The summed E-state index contributed by atoms with van der Waals surface area (Å²) in [5.74, 6) is 0. The molecular formula is C40H32BBr3. The molecule has 0 unspecified atom stereocenters. The lowest BCUT2D eigenvalue weighted by Crippen LogP contribution is -2.08. The molecule has 0 saturated carbocycles. The highest BCUT2D eigenvalue weighted by Crippen LogP contribution is 2.39. The van der Waals surface area contributed by atoms with Gasteiger partial charge >= 0.3 is 0 Å². The van der Waals surface area contributed by atoms with Gasteiger partial charge in [-0.3, -0.25) is 0 Å². The van der Waals surface area contributed by atoms with Crippen molar-refractivity contribution < 1.29 is 0 Å². The summed E-state index contributed by atoms with van der Waals surface area (Å²) in [4.78, 5) is 0. The van der Waals surface area contributed by atoms with E-state index in [-0.39, 0.29) is 0 Å². The van der Waals surface area contributed by atoms with Crippen molar-refractivity contribution in [3.05, 3.63) is 156 Å². The number of hydrogen-bond acceptors (Lipinski definition) is 0. The highest BCUT2D eigenvalue weighted by molar-refractivity contribution is 9.11. The lowest BCUT2D eigenvalue weighted by molar-refractivity contribution is 1.51. The molecule has 0 aliphatic rings. The van der Waals surface area contributed by atoms with Crippen molar-refractivity contribution in [2.75, 3.05) is 0 Å². The molecule has 0 fully saturated rings. The van der Waals surface area contributed by atoms with E-state index in [2.05, 4.69) is 196 Å². The van der Waals surface area contributed by atoms with Crippen LogP contribution in [0.2, 0.25) is 0 Å². The zero-order valence-electron chi connectivity index (χ0n) is 25.0. The van der Waals surface area contributed by atoms with Gasteiger partial charge < -0.3 is 0 Å². The highest BCUT2D eigenvalue weighted by Gasteiger charge is 2.16. The molecule has 5 aromatic carbocycles. The van der Waals surface area contributed by atoms with E-state index in [9.17, 15) is 0 Å². The molecule has 0 radical (unpaired) electrons. The van der Waals surface area contributed by atoms with E-state index in [0.717, 1.165) is 35.7 Å². The SMILES string of the molecule is Bc1cc(-c2cc(/C=C/c3ccccc3)c(/C=C/c3ccccc3)cc2Br)c(Br)cc1-c1cc(/C=C/C)c(/C=C/C)cc1Br. The first-order valence-electron chi connectivity index (χ1n) is 14.6. The minimum atomic E-state index is 1.04. The molecule has 5 aromatic rings. The van der Waals surface area contributed by atoms with Crippen LogP contribution in [0, 0.1) is 0 Å². The zero-order chi connectivity index (χ0) is 31.1. The van der Waals surface area contributed by atoms with Crippen molar-refractivity contribution in [1.82, 2.24) is 0 Å². The van der Waals surface area contributed by atoms with E-state index in [1.165, 1.54) is 38.8 Å². The summed E-state index contributed by atoms with van der Waals surface area (Å²) in [6.45, 7) is 4.11. The highest BCUT2D eigenvalue weighted by atomic mass is 79.9. The van der Waals surface area contributed by atoms with Crippen molar-refractivity contribution in [1.29, 1.82) is 0 Å². The molecule has 0 bridgehead atoms. The molecular weight excluding hydrogens is 731 g/mol. The second-order valence-electron chi connectivity index (χ2n) is 10.6. The number of halogens is 3. The summed E-state index contributed by atoms with van der Waals surface area (Å²) >= 11 is 11.7. The second kappa shape index (κ2) is 15.0. The molecule has 0 amide bonds. The maximum absolute atomic E-state index is 3.95. The lowest BCUT2D eigenvalue weighted by atomic mass is 9.83. The Labute approximate surface area is 287 Å². The van der Waals surface area contributed by atoms with Gasteiger partial charge in [0.05, 0.1) is 0 Å². The van der Waals surface area contributed by atoms with Gasteiger partial charge in [0.25, 0.3) is 0 Å². The molecule has 0 nitrogen and oxygen atoms in total. The van der Waals surface area contributed by atoms with Crippen molar-refractivity contribution in [2.24, 2.45) is 0 Å². The number of benzene rings is 5. The molecule has 0 aliphatic heterocycles. The molecule has 0 aromatic heterocycles. The third kappa shape index (κ3) is 7.61. The monoisotopic (exact) mass is 760 g/mol. The van der Waals surface area contributed by atoms with Crippen molar-refractivity contribution in [3.63, 3.8) is 0 Å². The fourth-order valence-corrected chi connectivity index (χ4v) is 6.94. The Kier molecular flexibility index (Phi) is 10.9. The molecule has 5 rings (SSSR count). The van der Waals surface area contributed by atoms with Crippen LogP contribution in [-0.4, -0.2) is 7.85 Å². The van der Waals surface area contributed by atoms with Gasteiger partial charge in [-0.25, -0.2) is 0 Å². The van der Waals surface area contributed by atoms with Gasteiger partial charge in [-0.05, 0) is 99.8 Å². The second-order valence-corrected chi connectivity index (χ2v) is 13.1. The Morgan fingerprint density at radius 3 is 1.32 bits per heavy atom. The molecule has 0 N–H and O–H groups in total. The Morgan fingerprint density at radius 2 is 0.818 bits per heavy atom. The van der Waals surface area contributed by atoms with Gasteiger partial charge in [0, 0.05) is 13.4 Å². The molecule has 216 valence electrons. The Hall–Kier alpha value is -3.44. The van der Waals surface area contributed by atoms with Gasteiger partial charge in [0.15, 0.2) is 0 Å². The van der Waals surface area contributed by atoms with Gasteiger partial charge in [-0.1, -0.05) is 169 Å². The first-order chi connectivity index (χ1) is 21.4. The smallest absolute Gasteiger partial charge is 0.0870 e. The van der Waals surface area contributed by atoms with Gasteiger partial charge in [-0.2, -0.15) is 0 Å². The van der Waals surface area contributed by atoms with Crippen LogP contribution in [0.15, 0.2) is 123 Å². The first kappa shape index (κ1) is 32.0. The topological polar surface area (TPSA) is 0 Å². The van der Waals surface area contributed by atoms with Crippen molar-refractivity contribution in [3.8, 4) is 22.3 Å². The largest absolute Gasteiger partial charge is 0.140 e. The van der Waals surface area contributed by atoms with Crippen LogP contribution >= 0.6 is 47.8 Å². The lowest BCUT2D eigenvalue weighted by Gasteiger charge is -2.17. The summed E-state index contributed by atoms with van der Waals surface area (Å²) in [5, 5.41) is 0. The predicted octanol–water partition coefficient (Wildman–Crippen LogP) is 12.0. The zero-order valence-corrected chi connectivity index (χ0v) is 29.7.